The van der Waals surface area contributed by atoms with Gasteiger partial charge in [-0.15, -0.1) is 0 Å². The first-order valence-electron chi connectivity index (χ1n) is 6.35. The number of carbonyl (C=O) groups is 1. The maximum atomic E-state index is 11.7. The second-order valence-electron chi connectivity index (χ2n) is 5.29. The summed E-state index contributed by atoms with van der Waals surface area (Å²) in [6, 6.07) is 0. The lowest BCUT2D eigenvalue weighted by Crippen LogP contribution is -2.53. The first-order valence-corrected chi connectivity index (χ1v) is 6.35. The van der Waals surface area contributed by atoms with Crippen molar-refractivity contribution in [3.8, 4) is 0 Å². The van der Waals surface area contributed by atoms with Crippen LogP contribution in [-0.4, -0.2) is 37.3 Å². The maximum Gasteiger partial charge on any atom is 0.225 e. The van der Waals surface area contributed by atoms with Crippen LogP contribution in [-0.2, 0) is 4.79 Å². The molecule has 0 aromatic rings. The van der Waals surface area contributed by atoms with Crippen molar-refractivity contribution in [3.63, 3.8) is 0 Å². The zero-order chi connectivity index (χ0) is 11.4. The third-order valence-corrected chi connectivity index (χ3v) is 4.04. The van der Waals surface area contributed by atoms with Gasteiger partial charge in [-0.1, -0.05) is 19.3 Å². The van der Waals surface area contributed by atoms with Gasteiger partial charge in [0.25, 0.3) is 0 Å². The van der Waals surface area contributed by atoms with E-state index in [1.165, 1.54) is 19.3 Å². The largest absolute Gasteiger partial charge is 0.396 e. The molecule has 4 heteroatoms. The van der Waals surface area contributed by atoms with E-state index in [2.05, 4.69) is 10.6 Å². The summed E-state index contributed by atoms with van der Waals surface area (Å²) in [4.78, 5) is 11.7. The van der Waals surface area contributed by atoms with Gasteiger partial charge in [0.15, 0.2) is 0 Å². The number of carbonyl (C=O) groups excluding carboxylic acids is 1. The van der Waals surface area contributed by atoms with Crippen LogP contribution < -0.4 is 10.6 Å². The summed E-state index contributed by atoms with van der Waals surface area (Å²) in [6.07, 6.45) is 5.73. The number of aliphatic hydroxyl groups excluding tert-OH is 1. The number of aliphatic hydroxyl groups is 1. The van der Waals surface area contributed by atoms with Crippen molar-refractivity contribution >= 4 is 5.91 Å². The van der Waals surface area contributed by atoms with E-state index in [-0.39, 0.29) is 23.8 Å². The molecule has 0 aromatic carbocycles. The van der Waals surface area contributed by atoms with E-state index in [9.17, 15) is 9.90 Å². The van der Waals surface area contributed by atoms with E-state index in [0.717, 1.165) is 25.9 Å². The average Bonchev–Trinajstić information content (AvgIpc) is 2.25. The number of hydrogen-bond acceptors (Lipinski definition) is 3. The Morgan fingerprint density at radius 1 is 1.31 bits per heavy atom. The second kappa shape index (κ2) is 5.15. The van der Waals surface area contributed by atoms with Gasteiger partial charge in [0, 0.05) is 25.0 Å². The predicted molar refractivity (Wildman–Crippen MR) is 62.0 cm³/mol. The molecule has 2 aliphatic rings. The fourth-order valence-corrected chi connectivity index (χ4v) is 2.59. The lowest BCUT2D eigenvalue weighted by atomic mass is 9.74. The van der Waals surface area contributed by atoms with Crippen molar-refractivity contribution in [1.29, 1.82) is 0 Å². The molecule has 0 radical (unpaired) electrons. The van der Waals surface area contributed by atoms with Gasteiger partial charge in [0.1, 0.15) is 0 Å². The van der Waals surface area contributed by atoms with Gasteiger partial charge in [-0.25, -0.2) is 0 Å². The van der Waals surface area contributed by atoms with Gasteiger partial charge >= 0.3 is 0 Å². The van der Waals surface area contributed by atoms with Crippen LogP contribution in [0.25, 0.3) is 0 Å². The van der Waals surface area contributed by atoms with Crippen LogP contribution in [0.3, 0.4) is 0 Å². The Morgan fingerprint density at radius 2 is 2.00 bits per heavy atom. The van der Waals surface area contributed by atoms with Gasteiger partial charge in [-0.05, 0) is 12.8 Å². The number of hydrogen-bond donors (Lipinski definition) is 3. The number of rotatable bonds is 4. The molecule has 1 aliphatic carbocycles. The molecule has 1 aliphatic heterocycles. The van der Waals surface area contributed by atoms with Crippen molar-refractivity contribution < 1.29 is 9.90 Å². The van der Waals surface area contributed by atoms with Crippen LogP contribution in [0, 0.1) is 11.3 Å². The Hall–Kier alpha value is -0.610. The van der Waals surface area contributed by atoms with Crippen molar-refractivity contribution in [2.45, 2.75) is 32.1 Å². The molecule has 16 heavy (non-hydrogen) atoms. The molecule has 0 spiro atoms. The molecule has 0 unspecified atom stereocenters. The molecule has 0 atom stereocenters. The molecular weight excluding hydrogens is 204 g/mol. The zero-order valence-electron chi connectivity index (χ0n) is 9.80. The summed E-state index contributed by atoms with van der Waals surface area (Å²) in [5, 5.41) is 15.6. The zero-order valence-corrected chi connectivity index (χ0v) is 9.80. The minimum Gasteiger partial charge on any atom is -0.396 e. The Morgan fingerprint density at radius 3 is 2.50 bits per heavy atom. The SMILES string of the molecule is O=C(NCC1(CO)CCCCC1)C1CNC1. The average molecular weight is 226 g/mol. The molecular formula is C12H22N2O2. The molecule has 1 heterocycles. The fourth-order valence-electron chi connectivity index (χ4n) is 2.59. The van der Waals surface area contributed by atoms with Crippen molar-refractivity contribution in [2.75, 3.05) is 26.2 Å². The normalized spacial score (nSPS) is 24.8. The predicted octanol–water partition coefficient (Wildman–Crippen LogP) is 0.265. The summed E-state index contributed by atoms with van der Waals surface area (Å²) in [6.45, 7) is 2.46. The van der Waals surface area contributed by atoms with Crippen molar-refractivity contribution in [2.24, 2.45) is 11.3 Å². The molecule has 4 nitrogen and oxygen atoms in total. The van der Waals surface area contributed by atoms with Gasteiger partial charge < -0.3 is 15.7 Å². The monoisotopic (exact) mass is 226 g/mol. The smallest absolute Gasteiger partial charge is 0.225 e. The minimum absolute atomic E-state index is 0.0366. The highest BCUT2D eigenvalue weighted by molar-refractivity contribution is 5.80. The van der Waals surface area contributed by atoms with Gasteiger partial charge in [-0.3, -0.25) is 4.79 Å². The Kier molecular flexibility index (Phi) is 3.82. The first-order chi connectivity index (χ1) is 7.76. The minimum atomic E-state index is -0.0366. The molecule has 0 aromatic heterocycles. The molecule has 2 fully saturated rings. The second-order valence-corrected chi connectivity index (χ2v) is 5.29. The molecule has 1 saturated carbocycles. The topological polar surface area (TPSA) is 61.4 Å². The van der Waals surface area contributed by atoms with E-state index in [0.29, 0.717) is 6.54 Å². The highest BCUT2D eigenvalue weighted by Gasteiger charge is 2.33. The molecule has 0 bridgehead atoms. The standard InChI is InChI=1S/C12H22N2O2/c15-9-12(4-2-1-3-5-12)8-14-11(16)10-6-13-7-10/h10,13,15H,1-9H2,(H,14,16). The van der Waals surface area contributed by atoms with E-state index < -0.39 is 0 Å². The molecule has 1 amide bonds. The van der Waals surface area contributed by atoms with E-state index in [4.69, 9.17) is 0 Å². The highest BCUT2D eigenvalue weighted by atomic mass is 16.3. The van der Waals surface area contributed by atoms with Crippen molar-refractivity contribution in [1.82, 2.24) is 10.6 Å². The summed E-state index contributed by atoms with van der Waals surface area (Å²) in [5.74, 6) is 0.302. The quantitative estimate of drug-likeness (QED) is 0.644. The van der Waals surface area contributed by atoms with E-state index in [1.807, 2.05) is 0 Å². The van der Waals surface area contributed by atoms with Crippen molar-refractivity contribution in [3.05, 3.63) is 0 Å². The maximum absolute atomic E-state index is 11.7. The highest BCUT2D eigenvalue weighted by Crippen LogP contribution is 2.35. The molecule has 92 valence electrons. The summed E-state index contributed by atoms with van der Waals surface area (Å²) in [5.41, 5.74) is -0.0366. The third-order valence-electron chi connectivity index (χ3n) is 4.04. The van der Waals surface area contributed by atoms with E-state index in [1.54, 1.807) is 0 Å². The van der Waals surface area contributed by atoms with Gasteiger partial charge in [-0.2, -0.15) is 0 Å². The number of amides is 1. The lowest BCUT2D eigenvalue weighted by Gasteiger charge is -2.36. The Bertz CT molecular complexity index is 245. The Labute approximate surface area is 96.8 Å². The molecule has 3 N–H and O–H groups in total. The fraction of sp³-hybridized carbons (Fsp3) is 0.917. The van der Waals surface area contributed by atoms with Crippen LogP contribution in [0.15, 0.2) is 0 Å². The summed E-state index contributed by atoms with van der Waals surface area (Å²) in [7, 11) is 0. The lowest BCUT2D eigenvalue weighted by molar-refractivity contribution is -0.127. The number of nitrogens with one attached hydrogen (secondary N) is 2. The molecule has 1 saturated heterocycles. The van der Waals surface area contributed by atoms with Crippen LogP contribution in [0.2, 0.25) is 0 Å². The van der Waals surface area contributed by atoms with E-state index >= 15 is 0 Å². The summed E-state index contributed by atoms with van der Waals surface area (Å²) < 4.78 is 0. The summed E-state index contributed by atoms with van der Waals surface area (Å²) >= 11 is 0. The molecule has 2 rings (SSSR count). The first kappa shape index (κ1) is 11.9. The van der Waals surface area contributed by atoms with Crippen LogP contribution in [0.4, 0.5) is 0 Å². The van der Waals surface area contributed by atoms with Gasteiger partial charge in [0.05, 0.1) is 12.5 Å². The third kappa shape index (κ3) is 2.55. The van der Waals surface area contributed by atoms with Crippen LogP contribution in [0.1, 0.15) is 32.1 Å². The van der Waals surface area contributed by atoms with Crippen LogP contribution in [0.5, 0.6) is 0 Å². The Balaban J connectivity index is 1.79. The van der Waals surface area contributed by atoms with Gasteiger partial charge in [0.2, 0.25) is 5.91 Å². The van der Waals surface area contributed by atoms with Crippen LogP contribution >= 0.6 is 0 Å².